The molecule has 2 aromatic carbocycles. The number of aromatic nitrogens is 1. The fourth-order valence-corrected chi connectivity index (χ4v) is 5.20. The molecule has 5 rings (SSSR count). The van der Waals surface area contributed by atoms with E-state index in [1.165, 1.54) is 4.70 Å². The third-order valence-electron chi connectivity index (χ3n) is 5.66. The van der Waals surface area contributed by atoms with Gasteiger partial charge in [-0.2, -0.15) is 0 Å². The second-order valence-corrected chi connectivity index (χ2v) is 8.79. The van der Waals surface area contributed by atoms with Gasteiger partial charge in [-0.1, -0.05) is 12.1 Å². The summed E-state index contributed by atoms with van der Waals surface area (Å²) in [6.07, 6.45) is 5.49. The average Bonchev–Trinajstić information content (AvgIpc) is 3.26. The average molecular weight is 437 g/mol. The Hall–Kier alpha value is -3.06. The molecule has 1 atom stereocenters. The lowest BCUT2D eigenvalue weighted by Crippen LogP contribution is -2.38. The Kier molecular flexibility index (Phi) is 5.51. The number of hydrogen-bond donors (Lipinski definition) is 0. The van der Waals surface area contributed by atoms with E-state index in [4.69, 9.17) is 19.2 Å². The normalized spacial score (nSPS) is 18.5. The van der Waals surface area contributed by atoms with Gasteiger partial charge >= 0.3 is 0 Å². The van der Waals surface area contributed by atoms with Crippen molar-refractivity contribution in [1.82, 2.24) is 9.88 Å². The molecule has 160 valence electrons. The van der Waals surface area contributed by atoms with E-state index in [0.717, 1.165) is 35.5 Å². The van der Waals surface area contributed by atoms with Crippen LogP contribution in [0.25, 0.3) is 16.3 Å². The molecule has 0 bridgehead atoms. The van der Waals surface area contributed by atoms with Crippen LogP contribution in [0.15, 0.2) is 42.5 Å². The van der Waals surface area contributed by atoms with Crippen LogP contribution in [0, 0.1) is 0 Å². The van der Waals surface area contributed by atoms with E-state index in [0.29, 0.717) is 37.0 Å². The van der Waals surface area contributed by atoms with E-state index in [1.807, 2.05) is 41.3 Å². The first-order valence-corrected chi connectivity index (χ1v) is 11.3. The number of ether oxygens (including phenoxy) is 3. The van der Waals surface area contributed by atoms with E-state index >= 15 is 0 Å². The number of likely N-dealkylation sites (tertiary alicyclic amines) is 1. The van der Waals surface area contributed by atoms with Gasteiger partial charge in [0.2, 0.25) is 11.7 Å². The minimum absolute atomic E-state index is 0.0136. The summed E-state index contributed by atoms with van der Waals surface area (Å²) in [4.78, 5) is 19.6. The lowest BCUT2D eigenvalue weighted by Gasteiger charge is -2.31. The smallest absolute Gasteiger partial charge is 0.246 e. The molecule has 0 spiro atoms. The van der Waals surface area contributed by atoms with Crippen LogP contribution in [0.3, 0.4) is 0 Å². The van der Waals surface area contributed by atoms with Crippen molar-refractivity contribution in [1.29, 1.82) is 0 Å². The van der Waals surface area contributed by atoms with Crippen LogP contribution in [0.1, 0.15) is 29.3 Å². The lowest BCUT2D eigenvalue weighted by atomic mass is 9.98. The van der Waals surface area contributed by atoms with Crippen molar-refractivity contribution in [3.05, 3.63) is 53.0 Å². The van der Waals surface area contributed by atoms with Crippen LogP contribution >= 0.6 is 11.3 Å². The van der Waals surface area contributed by atoms with Crippen molar-refractivity contribution >= 4 is 33.5 Å². The minimum Gasteiger partial charge on any atom is -0.493 e. The summed E-state index contributed by atoms with van der Waals surface area (Å²) >= 11 is 1.74. The van der Waals surface area contributed by atoms with Gasteiger partial charge in [-0.05, 0) is 48.7 Å². The fourth-order valence-electron chi connectivity index (χ4n) is 4.11. The molecular formula is C24H24N2O4S. The molecule has 3 aromatic rings. The van der Waals surface area contributed by atoms with E-state index in [1.54, 1.807) is 24.5 Å². The zero-order chi connectivity index (χ0) is 21.2. The highest BCUT2D eigenvalue weighted by atomic mass is 32.1. The zero-order valence-electron chi connectivity index (χ0n) is 17.4. The van der Waals surface area contributed by atoms with Crippen LogP contribution in [-0.4, -0.2) is 49.2 Å². The first-order chi connectivity index (χ1) is 15.2. The Morgan fingerprint density at radius 1 is 1.26 bits per heavy atom. The quantitative estimate of drug-likeness (QED) is 0.564. The number of amides is 1. The van der Waals surface area contributed by atoms with Gasteiger partial charge in [0.1, 0.15) is 13.2 Å². The SMILES string of the molecule is COc1cc(C=CC(=O)N2CCCC(c3nc4ccccc4s3)C2)cc2c1OCCO2. The molecule has 3 heterocycles. The predicted molar refractivity (Wildman–Crippen MR) is 121 cm³/mol. The summed E-state index contributed by atoms with van der Waals surface area (Å²) in [5, 5.41) is 1.12. The number of piperidine rings is 1. The Morgan fingerprint density at radius 3 is 3.00 bits per heavy atom. The summed E-state index contributed by atoms with van der Waals surface area (Å²) in [6.45, 7) is 2.48. The number of hydrogen-bond acceptors (Lipinski definition) is 6. The molecule has 0 aliphatic carbocycles. The van der Waals surface area contributed by atoms with Crippen LogP contribution in [-0.2, 0) is 4.79 Å². The standard InChI is InChI=1S/C24H24N2O4S/c1-28-19-13-16(14-20-23(19)30-12-11-29-20)8-9-22(27)26-10-4-5-17(15-26)24-25-18-6-2-3-7-21(18)31-24/h2-3,6-9,13-14,17H,4-5,10-12,15H2,1H3. The molecule has 1 saturated heterocycles. The second kappa shape index (κ2) is 8.59. The van der Waals surface area contributed by atoms with Gasteiger partial charge in [-0.15, -0.1) is 11.3 Å². The van der Waals surface area contributed by atoms with E-state index in [-0.39, 0.29) is 11.8 Å². The third kappa shape index (κ3) is 4.10. The largest absolute Gasteiger partial charge is 0.493 e. The molecule has 2 aliphatic rings. The van der Waals surface area contributed by atoms with Gasteiger partial charge in [-0.3, -0.25) is 4.79 Å². The van der Waals surface area contributed by atoms with Gasteiger partial charge in [0.25, 0.3) is 0 Å². The number of nitrogens with zero attached hydrogens (tertiary/aromatic N) is 2. The summed E-state index contributed by atoms with van der Waals surface area (Å²) < 4.78 is 17.9. The summed E-state index contributed by atoms with van der Waals surface area (Å²) in [6, 6.07) is 11.9. The van der Waals surface area contributed by atoms with E-state index in [2.05, 4.69) is 6.07 Å². The summed E-state index contributed by atoms with van der Waals surface area (Å²) in [5.74, 6) is 2.18. The first-order valence-electron chi connectivity index (χ1n) is 10.5. The van der Waals surface area contributed by atoms with Gasteiger partial charge in [0.05, 0.1) is 22.3 Å². The molecule has 1 fully saturated rings. The van der Waals surface area contributed by atoms with Crippen molar-refractivity contribution in [3.63, 3.8) is 0 Å². The maximum Gasteiger partial charge on any atom is 0.246 e. The van der Waals surface area contributed by atoms with Gasteiger partial charge in [0.15, 0.2) is 11.5 Å². The van der Waals surface area contributed by atoms with Crippen molar-refractivity contribution in [3.8, 4) is 17.2 Å². The molecule has 0 N–H and O–H groups in total. The number of benzene rings is 2. The molecule has 1 amide bonds. The first kappa shape index (κ1) is 19.9. The predicted octanol–water partition coefficient (Wildman–Crippen LogP) is 4.50. The Morgan fingerprint density at radius 2 is 2.13 bits per heavy atom. The molecule has 0 radical (unpaired) electrons. The molecule has 7 heteroatoms. The molecule has 1 unspecified atom stereocenters. The second-order valence-electron chi connectivity index (χ2n) is 7.72. The highest BCUT2D eigenvalue weighted by molar-refractivity contribution is 7.18. The molecule has 0 saturated carbocycles. The maximum absolute atomic E-state index is 12.9. The number of carbonyl (C=O) groups is 1. The fraction of sp³-hybridized carbons (Fsp3) is 0.333. The van der Waals surface area contributed by atoms with Gasteiger partial charge in [-0.25, -0.2) is 4.98 Å². The molecule has 2 aliphatic heterocycles. The lowest BCUT2D eigenvalue weighted by molar-refractivity contribution is -0.127. The van der Waals surface area contributed by atoms with Gasteiger partial charge < -0.3 is 19.1 Å². The van der Waals surface area contributed by atoms with Gasteiger partial charge in [0, 0.05) is 25.1 Å². The topological polar surface area (TPSA) is 60.9 Å². The van der Waals surface area contributed by atoms with Crippen molar-refractivity contribution in [2.45, 2.75) is 18.8 Å². The van der Waals surface area contributed by atoms with Crippen molar-refractivity contribution in [2.75, 3.05) is 33.4 Å². The van der Waals surface area contributed by atoms with E-state index in [9.17, 15) is 4.79 Å². The number of carbonyl (C=O) groups excluding carboxylic acids is 1. The Labute approximate surface area is 185 Å². The Balaban J connectivity index is 1.30. The van der Waals surface area contributed by atoms with Crippen LogP contribution in [0.4, 0.5) is 0 Å². The van der Waals surface area contributed by atoms with Crippen molar-refractivity contribution in [2.24, 2.45) is 0 Å². The number of thiazole rings is 1. The summed E-state index contributed by atoms with van der Waals surface area (Å²) in [5.41, 5.74) is 1.88. The number of rotatable bonds is 4. The molecule has 1 aromatic heterocycles. The third-order valence-corrected chi connectivity index (χ3v) is 6.86. The van der Waals surface area contributed by atoms with Crippen LogP contribution < -0.4 is 14.2 Å². The van der Waals surface area contributed by atoms with Crippen LogP contribution in [0.5, 0.6) is 17.2 Å². The highest BCUT2D eigenvalue weighted by Gasteiger charge is 2.26. The molecule has 6 nitrogen and oxygen atoms in total. The molecular weight excluding hydrogens is 412 g/mol. The number of methoxy groups -OCH3 is 1. The number of fused-ring (bicyclic) bond motifs is 2. The van der Waals surface area contributed by atoms with Crippen molar-refractivity contribution < 1.29 is 19.0 Å². The minimum atomic E-state index is 0.0136. The van der Waals surface area contributed by atoms with E-state index < -0.39 is 0 Å². The van der Waals surface area contributed by atoms with Crippen LogP contribution in [0.2, 0.25) is 0 Å². The zero-order valence-corrected chi connectivity index (χ0v) is 18.2. The highest BCUT2D eigenvalue weighted by Crippen LogP contribution is 2.40. The summed E-state index contributed by atoms with van der Waals surface area (Å²) in [7, 11) is 1.60. The Bertz CT molecular complexity index is 1090. The monoisotopic (exact) mass is 436 g/mol. The molecule has 31 heavy (non-hydrogen) atoms. The maximum atomic E-state index is 12.9. The number of para-hydroxylation sites is 1.